The van der Waals surface area contributed by atoms with E-state index in [-0.39, 0.29) is 43.7 Å². The van der Waals surface area contributed by atoms with Crippen molar-refractivity contribution >= 4 is 46.7 Å². The first kappa shape index (κ1) is 39.3. The number of aromatic nitrogens is 4. The van der Waals surface area contributed by atoms with Crippen LogP contribution in [0.5, 0.6) is 5.88 Å². The van der Waals surface area contributed by atoms with E-state index in [0.717, 1.165) is 0 Å². The molecule has 1 fully saturated rings. The Balaban J connectivity index is 1.30. The lowest BCUT2D eigenvalue weighted by molar-refractivity contribution is -0.136. The van der Waals surface area contributed by atoms with Gasteiger partial charge < -0.3 is 24.8 Å². The van der Waals surface area contributed by atoms with Gasteiger partial charge in [0.1, 0.15) is 16.9 Å². The monoisotopic (exact) mass is 789 g/mol. The number of nitrogens with one attached hydrogen (secondary N) is 2. The molecule has 3 N–H and O–H groups in total. The van der Waals surface area contributed by atoms with Gasteiger partial charge in [-0.25, -0.2) is 14.3 Å². The lowest BCUT2D eigenvalue weighted by atomic mass is 9.97. The molecule has 16 heteroatoms. The van der Waals surface area contributed by atoms with Crippen LogP contribution < -0.4 is 20.9 Å². The number of ether oxygens (including phenoxy) is 2. The molecule has 0 spiro atoms. The molecule has 2 amide bonds. The molecule has 288 valence electrons. The second-order valence-corrected chi connectivity index (χ2v) is 15.0. The fraction of sp³-hybridized carbons (Fsp3) is 0.333. The molecule has 14 nitrogen and oxygen atoms in total. The topological polar surface area (TPSA) is 169 Å². The molecule has 55 heavy (non-hydrogen) atoms. The van der Waals surface area contributed by atoms with Crippen LogP contribution >= 0.6 is 23.2 Å². The van der Waals surface area contributed by atoms with E-state index in [1.165, 1.54) is 16.2 Å². The van der Waals surface area contributed by atoms with Gasteiger partial charge in [0.2, 0.25) is 11.8 Å². The van der Waals surface area contributed by atoms with E-state index in [4.69, 9.17) is 42.8 Å². The molecular weight excluding hydrogens is 749 g/mol. The highest BCUT2D eigenvalue weighted by atomic mass is 35.5. The zero-order valence-electron chi connectivity index (χ0n) is 31.0. The maximum Gasteiger partial charge on any atom is 0.410 e. The van der Waals surface area contributed by atoms with E-state index in [0.29, 0.717) is 79.2 Å². The summed E-state index contributed by atoms with van der Waals surface area (Å²) in [6.45, 7) is 5.60. The van der Waals surface area contributed by atoms with Crippen LogP contribution in [0.4, 0.5) is 4.79 Å². The Kier molecular flexibility index (Phi) is 11.5. The molecule has 1 aliphatic rings. The molecule has 1 saturated heterocycles. The molecule has 1 atom stereocenters. The smallest absolute Gasteiger partial charge is 0.410 e. The molecule has 0 aliphatic carbocycles. The molecule has 0 unspecified atom stereocenters. The predicted octanol–water partition coefficient (Wildman–Crippen LogP) is 5.93. The van der Waals surface area contributed by atoms with E-state index >= 15 is 0 Å². The third-order valence-electron chi connectivity index (χ3n) is 9.04. The van der Waals surface area contributed by atoms with Crippen molar-refractivity contribution in [3.8, 4) is 39.4 Å². The molecule has 4 heterocycles. The Hall–Kier alpha value is -5.44. The third-order valence-corrected chi connectivity index (χ3v) is 9.85. The third kappa shape index (κ3) is 8.77. The summed E-state index contributed by atoms with van der Waals surface area (Å²) in [5.41, 5.74) is 3.68. The number of fused-ring (bicyclic) bond motifs is 1. The van der Waals surface area contributed by atoms with Crippen LogP contribution in [0.15, 0.2) is 65.6 Å². The largest absolute Gasteiger partial charge is 0.481 e. The van der Waals surface area contributed by atoms with Crippen LogP contribution in [0.2, 0.25) is 10.0 Å². The number of rotatable bonds is 12. The molecule has 0 radical (unpaired) electrons. The van der Waals surface area contributed by atoms with Gasteiger partial charge in [0.15, 0.2) is 0 Å². The molecule has 0 saturated carbocycles. The minimum Gasteiger partial charge on any atom is -0.481 e. The van der Waals surface area contributed by atoms with Gasteiger partial charge in [-0.3, -0.25) is 24.3 Å². The Morgan fingerprint density at radius 3 is 2.35 bits per heavy atom. The number of methoxy groups -OCH3 is 1. The second-order valence-electron chi connectivity index (χ2n) is 14.2. The second kappa shape index (κ2) is 16.1. The fourth-order valence-electron chi connectivity index (χ4n) is 6.39. The lowest BCUT2D eigenvalue weighted by Crippen LogP contribution is -2.43. The Morgan fingerprint density at radius 2 is 1.71 bits per heavy atom. The number of pyridine rings is 1. The van der Waals surface area contributed by atoms with E-state index in [2.05, 4.69) is 15.7 Å². The summed E-state index contributed by atoms with van der Waals surface area (Å²) in [5.74, 6) is -0.408. The van der Waals surface area contributed by atoms with E-state index in [9.17, 15) is 19.2 Å². The number of carboxylic acids is 1. The first-order valence-corrected chi connectivity index (χ1v) is 18.3. The summed E-state index contributed by atoms with van der Waals surface area (Å²) in [5, 5.41) is 20.0. The van der Waals surface area contributed by atoms with Crippen molar-refractivity contribution in [1.29, 1.82) is 0 Å². The maximum atomic E-state index is 13.3. The van der Waals surface area contributed by atoms with Gasteiger partial charge in [-0.05, 0) is 45.4 Å². The Bertz CT molecular complexity index is 2350. The summed E-state index contributed by atoms with van der Waals surface area (Å²) in [6, 6.07) is 16.2. The quantitative estimate of drug-likeness (QED) is 0.138. The van der Waals surface area contributed by atoms with Crippen molar-refractivity contribution in [2.24, 2.45) is 7.05 Å². The zero-order valence-corrected chi connectivity index (χ0v) is 32.5. The highest BCUT2D eigenvalue weighted by Crippen LogP contribution is 2.42. The summed E-state index contributed by atoms with van der Waals surface area (Å²) in [6.07, 6.45) is 2.20. The van der Waals surface area contributed by atoms with Gasteiger partial charge in [0.05, 0.1) is 42.5 Å². The van der Waals surface area contributed by atoms with Gasteiger partial charge in [0, 0.05) is 65.6 Å². The minimum atomic E-state index is -1.02. The fourth-order valence-corrected chi connectivity index (χ4v) is 7.05. The summed E-state index contributed by atoms with van der Waals surface area (Å²) >= 11 is 14.2. The molecular formula is C39H41Cl2N7O7. The van der Waals surface area contributed by atoms with Gasteiger partial charge in [0.25, 0.3) is 5.56 Å². The first-order chi connectivity index (χ1) is 26.1. The normalized spacial score (nSPS) is 14.2. The molecule has 5 aromatic rings. The summed E-state index contributed by atoms with van der Waals surface area (Å²) in [7, 11) is 3.08. The number of halogens is 2. The number of aliphatic carboxylic acids is 1. The lowest BCUT2D eigenvalue weighted by Gasteiger charge is -2.29. The molecule has 6 rings (SSSR count). The first-order valence-electron chi connectivity index (χ1n) is 17.5. The standard InChI is InChI=1S/C39H41Cl2N7O7/c1-39(2,3)55-38(53)47(21-24-13-15-32(49)43-24)19-22-12-14-29(44-36(22)54-5)28-11-7-10-27(35(28)41)26-9-6-8-25(34(26)40)23-16-30-37(52)46(4)31(45-48(30)20-23)17-42-18-33(50)51/h6-12,14,16,20,24,42H,13,15,17-19,21H2,1-5H3,(H,43,49)(H,50,51)/t24-/m0/s1. The molecule has 2 aromatic carbocycles. The van der Waals surface area contributed by atoms with Crippen LogP contribution in [0.25, 0.3) is 39.0 Å². The number of carbonyl (C=O) groups excluding carboxylic acids is 2. The van der Waals surface area contributed by atoms with Crippen molar-refractivity contribution in [2.75, 3.05) is 20.2 Å². The average Bonchev–Trinajstić information content (AvgIpc) is 3.75. The number of hydrogen-bond donors (Lipinski definition) is 3. The number of amides is 2. The van der Waals surface area contributed by atoms with E-state index < -0.39 is 17.7 Å². The summed E-state index contributed by atoms with van der Waals surface area (Å²) < 4.78 is 14.2. The average molecular weight is 791 g/mol. The van der Waals surface area contributed by atoms with Crippen LogP contribution in [0.1, 0.15) is 45.0 Å². The van der Waals surface area contributed by atoms with E-state index in [1.807, 2.05) is 42.5 Å². The van der Waals surface area contributed by atoms with Crippen LogP contribution in [0, 0.1) is 0 Å². The predicted molar refractivity (Wildman–Crippen MR) is 208 cm³/mol. The van der Waals surface area contributed by atoms with Crippen LogP contribution in [-0.2, 0) is 34.5 Å². The van der Waals surface area contributed by atoms with E-state index in [1.54, 1.807) is 51.0 Å². The molecule has 3 aromatic heterocycles. The number of nitrogens with zero attached hydrogens (tertiary/aromatic N) is 5. The van der Waals surface area contributed by atoms with Crippen molar-refractivity contribution in [3.05, 3.63) is 92.6 Å². The minimum absolute atomic E-state index is 0.0489. The van der Waals surface area contributed by atoms with Gasteiger partial charge in [-0.1, -0.05) is 59.6 Å². The van der Waals surface area contributed by atoms with Gasteiger partial charge in [-0.15, -0.1) is 0 Å². The van der Waals surface area contributed by atoms with Crippen molar-refractivity contribution in [3.63, 3.8) is 0 Å². The Morgan fingerprint density at radius 1 is 1.04 bits per heavy atom. The molecule has 1 aliphatic heterocycles. The van der Waals surface area contributed by atoms with Crippen LogP contribution in [0.3, 0.4) is 0 Å². The van der Waals surface area contributed by atoms with Gasteiger partial charge in [-0.2, -0.15) is 5.10 Å². The highest BCUT2D eigenvalue weighted by Gasteiger charge is 2.29. The molecule has 0 bridgehead atoms. The van der Waals surface area contributed by atoms with Crippen molar-refractivity contribution in [1.82, 2.24) is 34.7 Å². The highest BCUT2D eigenvalue weighted by molar-refractivity contribution is 6.39. The number of carbonyl (C=O) groups is 3. The van der Waals surface area contributed by atoms with Crippen molar-refractivity contribution in [2.45, 2.75) is 58.3 Å². The van der Waals surface area contributed by atoms with Gasteiger partial charge >= 0.3 is 12.1 Å². The SMILES string of the molecule is COc1nc(-c2cccc(-c3cccc(-c4cc5c(=O)n(C)c(CNCC(=O)O)nn5c4)c3Cl)c2Cl)ccc1CN(C[C@@H]1CCC(=O)N1)C(=O)OC(C)(C)C. The zero-order chi connectivity index (χ0) is 39.6. The van der Waals surface area contributed by atoms with Crippen LogP contribution in [-0.4, -0.2) is 79.0 Å². The number of hydrogen-bond acceptors (Lipinski definition) is 9. The number of benzene rings is 2. The maximum absolute atomic E-state index is 13.3. The number of carboxylic acid groups (broad SMARTS) is 1. The Labute approximate surface area is 327 Å². The summed E-state index contributed by atoms with van der Waals surface area (Å²) in [4.78, 5) is 55.7. The van der Waals surface area contributed by atoms with Crippen molar-refractivity contribution < 1.29 is 29.0 Å².